The fourth-order valence-electron chi connectivity index (χ4n) is 2.02. The zero-order chi connectivity index (χ0) is 15.2. The second-order valence-corrected chi connectivity index (χ2v) is 5.28. The summed E-state index contributed by atoms with van der Waals surface area (Å²) in [6.45, 7) is 0.529. The zero-order valence-corrected chi connectivity index (χ0v) is 12.9. The topological polar surface area (TPSA) is 68.3 Å². The van der Waals surface area contributed by atoms with E-state index in [2.05, 4.69) is 0 Å². The summed E-state index contributed by atoms with van der Waals surface area (Å²) in [7, 11) is 1.66. The first-order chi connectivity index (χ1) is 10.2. The molecule has 21 heavy (non-hydrogen) atoms. The third-order valence-electron chi connectivity index (χ3n) is 2.91. The van der Waals surface area contributed by atoms with Crippen molar-refractivity contribution in [3.05, 3.63) is 53.6 Å². The van der Waals surface area contributed by atoms with Crippen molar-refractivity contribution in [1.82, 2.24) is 0 Å². The first kappa shape index (κ1) is 15.4. The Morgan fingerprint density at radius 3 is 2.67 bits per heavy atom. The molecule has 0 amide bonds. The van der Waals surface area contributed by atoms with Gasteiger partial charge in [-0.1, -0.05) is 18.2 Å². The molecule has 0 spiro atoms. The fraction of sp³-hybridized carbons (Fsp3) is 0.188. The van der Waals surface area contributed by atoms with E-state index in [-0.39, 0.29) is 5.84 Å². The van der Waals surface area contributed by atoms with Crippen LogP contribution in [0.25, 0.3) is 0 Å². The molecule has 2 rings (SSSR count). The van der Waals surface area contributed by atoms with Crippen LogP contribution in [0.3, 0.4) is 0 Å². The third-order valence-corrected chi connectivity index (χ3v) is 3.69. The molecule has 4 nitrogen and oxygen atoms in total. The summed E-state index contributed by atoms with van der Waals surface area (Å²) in [4.78, 5) is 0.924. The van der Waals surface area contributed by atoms with E-state index in [9.17, 15) is 0 Å². The molecule has 2 aromatic carbocycles. The van der Waals surface area contributed by atoms with Crippen LogP contribution >= 0.6 is 11.8 Å². The van der Waals surface area contributed by atoms with Gasteiger partial charge in [0.15, 0.2) is 0 Å². The summed E-state index contributed by atoms with van der Waals surface area (Å²) < 4.78 is 11.0. The van der Waals surface area contributed by atoms with Gasteiger partial charge >= 0.3 is 0 Å². The van der Waals surface area contributed by atoms with Crippen molar-refractivity contribution in [3.8, 4) is 11.5 Å². The molecule has 0 aliphatic rings. The molecule has 0 aliphatic carbocycles. The number of methoxy groups -OCH3 is 1. The van der Waals surface area contributed by atoms with Crippen molar-refractivity contribution < 1.29 is 9.47 Å². The minimum atomic E-state index is 0.00277. The number of ether oxygens (including phenoxy) is 2. The molecule has 5 heteroatoms. The highest BCUT2D eigenvalue weighted by atomic mass is 32.2. The minimum absolute atomic E-state index is 0.00277. The van der Waals surface area contributed by atoms with Crippen molar-refractivity contribution in [2.75, 3.05) is 13.4 Å². The Labute approximate surface area is 128 Å². The summed E-state index contributed by atoms with van der Waals surface area (Å²) in [5.41, 5.74) is 7.35. The van der Waals surface area contributed by atoms with Gasteiger partial charge < -0.3 is 15.2 Å². The van der Waals surface area contributed by atoms with E-state index in [0.29, 0.717) is 23.7 Å². The van der Waals surface area contributed by atoms with E-state index in [0.717, 1.165) is 10.5 Å². The average molecular weight is 302 g/mol. The molecule has 0 atom stereocenters. The molecule has 3 N–H and O–H groups in total. The Morgan fingerprint density at radius 1 is 1.24 bits per heavy atom. The third kappa shape index (κ3) is 3.77. The maximum absolute atomic E-state index is 7.76. The van der Waals surface area contributed by atoms with Crippen LogP contribution in [-0.4, -0.2) is 19.2 Å². The molecule has 0 fully saturated rings. The number of thioether (sulfide) groups is 1. The van der Waals surface area contributed by atoms with Crippen molar-refractivity contribution in [1.29, 1.82) is 5.41 Å². The van der Waals surface area contributed by atoms with Crippen LogP contribution in [0.2, 0.25) is 0 Å². The molecule has 0 saturated carbocycles. The number of rotatable bonds is 6. The molecule has 110 valence electrons. The molecular weight excluding hydrogens is 284 g/mol. The summed E-state index contributed by atoms with van der Waals surface area (Å²) in [5, 5.41) is 7.76. The maximum Gasteiger partial charge on any atom is 0.139 e. The number of hydrogen-bond acceptors (Lipinski definition) is 4. The summed E-state index contributed by atoms with van der Waals surface area (Å²) in [6, 6.07) is 13.3. The molecule has 0 radical (unpaired) electrons. The van der Waals surface area contributed by atoms with Gasteiger partial charge in [-0.25, -0.2) is 0 Å². The number of hydrogen-bond donors (Lipinski definition) is 2. The smallest absolute Gasteiger partial charge is 0.139 e. The first-order valence-corrected chi connectivity index (χ1v) is 7.65. The highest BCUT2D eigenvalue weighted by Gasteiger charge is 2.12. The first-order valence-electron chi connectivity index (χ1n) is 6.43. The van der Waals surface area contributed by atoms with Crippen LogP contribution in [-0.2, 0) is 11.3 Å². The molecule has 0 heterocycles. The van der Waals surface area contributed by atoms with Gasteiger partial charge in [-0.2, -0.15) is 0 Å². The predicted octanol–water partition coefficient (Wildman–Crippen LogP) is 3.63. The monoisotopic (exact) mass is 302 g/mol. The summed E-state index contributed by atoms with van der Waals surface area (Å²) in [5.74, 6) is 1.29. The Kier molecular flexibility index (Phi) is 5.25. The van der Waals surface area contributed by atoms with E-state index in [1.807, 2.05) is 48.7 Å². The van der Waals surface area contributed by atoms with Gasteiger partial charge in [-0.05, 0) is 36.1 Å². The highest BCUT2D eigenvalue weighted by Crippen LogP contribution is 2.32. The van der Waals surface area contributed by atoms with Crippen molar-refractivity contribution >= 4 is 17.6 Å². The summed E-state index contributed by atoms with van der Waals surface area (Å²) in [6.07, 6.45) is 1.95. The highest BCUT2D eigenvalue weighted by molar-refractivity contribution is 7.98. The number of nitrogens with two attached hydrogens (primary N) is 1. The van der Waals surface area contributed by atoms with Crippen LogP contribution in [0.1, 0.15) is 11.1 Å². The number of nitrogens with one attached hydrogen (secondary N) is 1. The maximum atomic E-state index is 7.76. The Morgan fingerprint density at radius 2 is 2.00 bits per heavy atom. The lowest BCUT2D eigenvalue weighted by atomic mass is 10.1. The van der Waals surface area contributed by atoms with Gasteiger partial charge in [-0.3, -0.25) is 5.41 Å². The molecule has 0 unspecified atom stereocenters. The number of benzene rings is 2. The molecule has 0 aromatic heterocycles. The van der Waals surface area contributed by atoms with E-state index >= 15 is 0 Å². The van der Waals surface area contributed by atoms with Crippen molar-refractivity contribution in [3.63, 3.8) is 0 Å². The molecule has 0 bridgehead atoms. The van der Waals surface area contributed by atoms with Crippen LogP contribution < -0.4 is 10.5 Å². The van der Waals surface area contributed by atoms with Crippen LogP contribution in [0.4, 0.5) is 0 Å². The lowest BCUT2D eigenvalue weighted by Crippen LogP contribution is -2.13. The van der Waals surface area contributed by atoms with E-state index in [1.165, 1.54) is 11.8 Å². The van der Waals surface area contributed by atoms with E-state index < -0.39 is 0 Å². The largest absolute Gasteiger partial charge is 0.457 e. The van der Waals surface area contributed by atoms with Crippen molar-refractivity contribution in [2.45, 2.75) is 11.5 Å². The molecule has 2 aromatic rings. The molecular formula is C16H18N2O2S. The van der Waals surface area contributed by atoms with Gasteiger partial charge in [0.25, 0.3) is 0 Å². The quantitative estimate of drug-likeness (QED) is 0.486. The average Bonchev–Trinajstić information content (AvgIpc) is 2.47. The van der Waals surface area contributed by atoms with Crippen molar-refractivity contribution in [2.24, 2.45) is 5.73 Å². The Hall–Kier alpha value is -1.98. The molecule has 0 saturated heterocycles. The van der Waals surface area contributed by atoms with E-state index in [4.69, 9.17) is 20.6 Å². The van der Waals surface area contributed by atoms with Crippen LogP contribution in [0, 0.1) is 5.41 Å². The fourth-order valence-corrected chi connectivity index (χ4v) is 2.65. The normalized spacial score (nSPS) is 10.4. The Bertz CT molecular complexity index is 644. The van der Waals surface area contributed by atoms with Gasteiger partial charge in [0.1, 0.15) is 17.3 Å². The Balaban J connectivity index is 2.35. The molecule has 0 aliphatic heterocycles. The standard InChI is InChI=1S/C16H18N2O2S/c1-19-10-11-5-3-6-12(9-11)20-13-7-4-8-14(21-2)15(13)16(17)18/h3-9H,10H2,1-2H3,(H3,17,18). The number of amidine groups is 1. The SMILES string of the molecule is COCc1cccc(Oc2cccc(SC)c2C(=N)N)c1. The summed E-state index contributed by atoms with van der Waals surface area (Å²) >= 11 is 1.54. The lowest BCUT2D eigenvalue weighted by Gasteiger charge is -2.13. The van der Waals surface area contributed by atoms with E-state index in [1.54, 1.807) is 7.11 Å². The second kappa shape index (κ2) is 7.15. The van der Waals surface area contributed by atoms with Gasteiger partial charge in [0, 0.05) is 12.0 Å². The zero-order valence-electron chi connectivity index (χ0n) is 12.1. The van der Waals surface area contributed by atoms with Gasteiger partial charge in [0.05, 0.1) is 12.2 Å². The van der Waals surface area contributed by atoms with Crippen LogP contribution in [0.5, 0.6) is 11.5 Å². The lowest BCUT2D eigenvalue weighted by molar-refractivity contribution is 0.184. The van der Waals surface area contributed by atoms with Gasteiger partial charge in [0.2, 0.25) is 0 Å². The van der Waals surface area contributed by atoms with Crippen LogP contribution in [0.15, 0.2) is 47.4 Å². The van der Waals surface area contributed by atoms with Gasteiger partial charge in [-0.15, -0.1) is 11.8 Å². The number of nitrogen functional groups attached to an aromatic ring is 1. The second-order valence-electron chi connectivity index (χ2n) is 4.43. The minimum Gasteiger partial charge on any atom is -0.457 e. The predicted molar refractivity (Wildman–Crippen MR) is 86.5 cm³/mol.